The fraction of sp³-hybridized carbons (Fsp3) is 0.238. The van der Waals surface area contributed by atoms with Crippen molar-refractivity contribution in [2.75, 3.05) is 18.5 Å². The summed E-state index contributed by atoms with van der Waals surface area (Å²) in [5, 5.41) is 4.20. The van der Waals surface area contributed by atoms with E-state index in [1.54, 1.807) is 12.1 Å². The van der Waals surface area contributed by atoms with Crippen LogP contribution >= 0.6 is 23.2 Å². The molecule has 3 amide bonds. The third-order valence-electron chi connectivity index (χ3n) is 4.64. The number of esters is 1. The van der Waals surface area contributed by atoms with Gasteiger partial charge in [-0.25, -0.2) is 0 Å². The van der Waals surface area contributed by atoms with E-state index in [1.807, 2.05) is 19.1 Å². The Morgan fingerprint density at radius 1 is 1.13 bits per heavy atom. The summed E-state index contributed by atoms with van der Waals surface area (Å²) in [5.41, 5.74) is 4.14. The van der Waals surface area contributed by atoms with Crippen LogP contribution in [0.15, 0.2) is 42.5 Å². The van der Waals surface area contributed by atoms with E-state index in [0.29, 0.717) is 10.7 Å². The first-order valence-corrected chi connectivity index (χ1v) is 10.1. The van der Waals surface area contributed by atoms with Crippen LogP contribution in [-0.4, -0.2) is 41.9 Å². The van der Waals surface area contributed by atoms with E-state index in [9.17, 15) is 19.2 Å². The second-order valence-corrected chi connectivity index (χ2v) is 7.76. The van der Waals surface area contributed by atoms with Crippen molar-refractivity contribution in [1.29, 1.82) is 0 Å². The molecule has 1 heterocycles. The fourth-order valence-electron chi connectivity index (χ4n) is 2.95. The molecular formula is C21H19Cl2N3O5. The van der Waals surface area contributed by atoms with Gasteiger partial charge in [0.1, 0.15) is 0 Å². The number of hydrogen-bond acceptors (Lipinski definition) is 5. The molecule has 0 radical (unpaired) electrons. The van der Waals surface area contributed by atoms with Gasteiger partial charge in [-0.05, 0) is 36.8 Å². The van der Waals surface area contributed by atoms with Crippen LogP contribution in [0.4, 0.5) is 5.69 Å². The van der Waals surface area contributed by atoms with Gasteiger partial charge >= 0.3 is 5.97 Å². The molecule has 1 aliphatic rings. The van der Waals surface area contributed by atoms with E-state index in [1.165, 1.54) is 18.2 Å². The van der Waals surface area contributed by atoms with Crippen LogP contribution in [0.5, 0.6) is 0 Å². The van der Waals surface area contributed by atoms with Crippen molar-refractivity contribution < 1.29 is 23.9 Å². The smallest absolute Gasteiger partial charge is 0.311 e. The van der Waals surface area contributed by atoms with Gasteiger partial charge in [0.2, 0.25) is 5.91 Å². The lowest BCUT2D eigenvalue weighted by Crippen LogP contribution is -2.43. The van der Waals surface area contributed by atoms with Crippen LogP contribution in [0.25, 0.3) is 0 Å². The van der Waals surface area contributed by atoms with Crippen LogP contribution in [0, 0.1) is 12.8 Å². The maximum Gasteiger partial charge on any atom is 0.311 e. The zero-order valence-corrected chi connectivity index (χ0v) is 18.0. The Balaban J connectivity index is 1.50. The summed E-state index contributed by atoms with van der Waals surface area (Å²) in [5.74, 6) is -3.00. The molecule has 0 aromatic heterocycles. The number of nitrogens with one attached hydrogen (secondary N) is 2. The van der Waals surface area contributed by atoms with Crippen molar-refractivity contribution in [1.82, 2.24) is 10.4 Å². The number of halogens is 2. The van der Waals surface area contributed by atoms with Gasteiger partial charge in [0.05, 0.1) is 22.5 Å². The first-order chi connectivity index (χ1) is 14.7. The zero-order chi connectivity index (χ0) is 22.5. The van der Waals surface area contributed by atoms with Crippen LogP contribution in [0.1, 0.15) is 22.3 Å². The van der Waals surface area contributed by atoms with Crippen molar-refractivity contribution in [3.63, 3.8) is 0 Å². The van der Waals surface area contributed by atoms with Crippen LogP contribution < -0.4 is 10.7 Å². The molecule has 2 aromatic carbocycles. The zero-order valence-electron chi connectivity index (χ0n) is 16.5. The number of carbonyl (C=O) groups is 4. The third-order valence-corrected chi connectivity index (χ3v) is 5.38. The average Bonchev–Trinajstić information content (AvgIpc) is 3.10. The number of ether oxygens (including phenoxy) is 1. The number of para-hydroxylation sites is 1. The molecule has 2 aromatic rings. The predicted octanol–water partition coefficient (Wildman–Crippen LogP) is 2.98. The minimum absolute atomic E-state index is 0.0653. The quantitative estimate of drug-likeness (QED) is 0.640. The van der Waals surface area contributed by atoms with Gasteiger partial charge in [0, 0.05) is 17.7 Å². The summed E-state index contributed by atoms with van der Waals surface area (Å²) < 4.78 is 5.04. The molecule has 2 N–H and O–H groups in total. The molecule has 1 atom stereocenters. The first-order valence-electron chi connectivity index (χ1n) is 9.33. The van der Waals surface area contributed by atoms with Crippen LogP contribution in [0.3, 0.4) is 0 Å². The topological polar surface area (TPSA) is 105 Å². The van der Waals surface area contributed by atoms with Crippen molar-refractivity contribution in [2.24, 2.45) is 5.92 Å². The fourth-order valence-corrected chi connectivity index (χ4v) is 3.25. The highest BCUT2D eigenvalue weighted by Crippen LogP contribution is 2.23. The van der Waals surface area contributed by atoms with E-state index < -0.39 is 36.2 Å². The first kappa shape index (κ1) is 22.6. The summed E-state index contributed by atoms with van der Waals surface area (Å²) in [6, 6.07) is 11.5. The highest BCUT2D eigenvalue weighted by atomic mass is 35.5. The Bertz CT molecular complexity index is 1040. The van der Waals surface area contributed by atoms with Gasteiger partial charge in [0.25, 0.3) is 11.8 Å². The highest BCUT2D eigenvalue weighted by Gasteiger charge is 2.36. The van der Waals surface area contributed by atoms with Gasteiger partial charge in [-0.1, -0.05) is 41.4 Å². The predicted molar refractivity (Wildman–Crippen MR) is 115 cm³/mol. The molecule has 3 rings (SSSR count). The summed E-state index contributed by atoms with van der Waals surface area (Å²) in [6.45, 7) is 1.30. The number of rotatable bonds is 6. The van der Waals surface area contributed by atoms with Gasteiger partial charge in [-0.2, -0.15) is 0 Å². The number of hydrogen-bond donors (Lipinski definition) is 2. The molecule has 1 saturated heterocycles. The Morgan fingerprint density at radius 3 is 2.58 bits per heavy atom. The van der Waals surface area contributed by atoms with Crippen molar-refractivity contribution in [3.8, 4) is 0 Å². The van der Waals surface area contributed by atoms with Crippen molar-refractivity contribution in [2.45, 2.75) is 13.3 Å². The molecule has 1 aliphatic heterocycles. The van der Waals surface area contributed by atoms with E-state index in [4.69, 9.17) is 27.9 Å². The standard InChI is InChI=1S/C21H19Cl2N3O5/c1-12-4-2-3-5-17(12)24-18(27)11-31-21(30)14-9-19(28)26(10-14)25-20(29)13-6-7-15(22)16(23)8-13/h2-8,14H,9-11H2,1H3,(H,24,27)(H,25,29)/t14-/m1/s1. The number of aryl methyl sites for hydroxylation is 1. The summed E-state index contributed by atoms with van der Waals surface area (Å²) >= 11 is 11.7. The second-order valence-electron chi connectivity index (χ2n) is 6.95. The molecule has 31 heavy (non-hydrogen) atoms. The maximum atomic E-state index is 12.3. The average molecular weight is 464 g/mol. The Morgan fingerprint density at radius 2 is 1.87 bits per heavy atom. The molecule has 162 valence electrons. The monoisotopic (exact) mass is 463 g/mol. The van der Waals surface area contributed by atoms with E-state index in [-0.39, 0.29) is 23.6 Å². The van der Waals surface area contributed by atoms with Gasteiger partial charge in [-0.3, -0.25) is 29.6 Å². The van der Waals surface area contributed by atoms with Crippen LogP contribution in [-0.2, 0) is 19.1 Å². The number of carbonyl (C=O) groups excluding carboxylic acids is 4. The van der Waals surface area contributed by atoms with Crippen molar-refractivity contribution >= 4 is 52.6 Å². The van der Waals surface area contributed by atoms with E-state index in [0.717, 1.165) is 10.6 Å². The summed E-state index contributed by atoms with van der Waals surface area (Å²) in [4.78, 5) is 48.8. The molecular weight excluding hydrogens is 445 g/mol. The minimum Gasteiger partial charge on any atom is -0.455 e. The third kappa shape index (κ3) is 5.74. The lowest BCUT2D eigenvalue weighted by Gasteiger charge is -2.17. The maximum absolute atomic E-state index is 12.3. The van der Waals surface area contributed by atoms with Gasteiger partial charge in [-0.15, -0.1) is 0 Å². The Kier molecular flexibility index (Phi) is 7.14. The Labute approximate surface area is 188 Å². The summed E-state index contributed by atoms with van der Waals surface area (Å²) in [6.07, 6.45) is -0.139. The molecule has 0 saturated carbocycles. The van der Waals surface area contributed by atoms with E-state index >= 15 is 0 Å². The largest absolute Gasteiger partial charge is 0.455 e. The number of amides is 3. The second kappa shape index (κ2) is 9.80. The SMILES string of the molecule is Cc1ccccc1NC(=O)COC(=O)[C@@H]1CC(=O)N(NC(=O)c2ccc(Cl)c(Cl)c2)C1. The molecule has 0 bridgehead atoms. The number of nitrogens with zero attached hydrogens (tertiary/aromatic N) is 1. The lowest BCUT2D eigenvalue weighted by atomic mass is 10.1. The lowest BCUT2D eigenvalue weighted by molar-refractivity contribution is -0.151. The van der Waals surface area contributed by atoms with Crippen molar-refractivity contribution in [3.05, 3.63) is 63.6 Å². The molecule has 1 fully saturated rings. The molecule has 0 aliphatic carbocycles. The molecule has 8 nitrogen and oxygen atoms in total. The highest BCUT2D eigenvalue weighted by molar-refractivity contribution is 6.42. The summed E-state index contributed by atoms with van der Waals surface area (Å²) in [7, 11) is 0. The number of anilines is 1. The Hall–Kier alpha value is -3.10. The van der Waals surface area contributed by atoms with Gasteiger partial charge < -0.3 is 10.1 Å². The van der Waals surface area contributed by atoms with E-state index in [2.05, 4.69) is 10.7 Å². The number of hydrazine groups is 1. The molecule has 0 unspecified atom stereocenters. The normalized spacial score (nSPS) is 15.5. The van der Waals surface area contributed by atoms with Gasteiger partial charge in [0.15, 0.2) is 6.61 Å². The van der Waals surface area contributed by atoms with Crippen LogP contribution in [0.2, 0.25) is 10.0 Å². The minimum atomic E-state index is -0.798. The molecule has 10 heteroatoms. The number of benzene rings is 2. The molecule has 0 spiro atoms.